The minimum absolute atomic E-state index is 0.332. The lowest BCUT2D eigenvalue weighted by atomic mass is 10.1. The van der Waals surface area contributed by atoms with E-state index in [1.165, 1.54) is 4.31 Å². The average Bonchev–Trinajstić information content (AvgIpc) is 2.47. The molecule has 5 heteroatoms. The van der Waals surface area contributed by atoms with Crippen LogP contribution in [-0.2, 0) is 10.0 Å². The smallest absolute Gasteiger partial charge is 0.243 e. The number of rotatable bonds is 5. The summed E-state index contributed by atoms with van der Waals surface area (Å²) in [7, 11) is -1.79. The number of sulfonamides is 1. The van der Waals surface area contributed by atoms with E-state index in [9.17, 15) is 8.42 Å². The molecule has 0 aromatic heterocycles. The second-order valence-corrected chi connectivity index (χ2v) is 6.40. The first-order valence-corrected chi connectivity index (χ1v) is 8.05. The molecule has 2 rings (SSSR count). The van der Waals surface area contributed by atoms with Gasteiger partial charge in [-0.3, -0.25) is 0 Å². The maximum atomic E-state index is 12.5. The van der Waals surface area contributed by atoms with Gasteiger partial charge in [0.2, 0.25) is 10.0 Å². The largest absolute Gasteiger partial charge is 0.497 e. The Balaban J connectivity index is 2.52. The Morgan fingerprint density at radius 2 is 1.60 bits per heavy atom. The van der Waals surface area contributed by atoms with Gasteiger partial charge in [-0.25, -0.2) is 8.42 Å². The normalized spacial score (nSPS) is 12.0. The lowest BCUT2D eigenvalue weighted by molar-refractivity contribution is 0.415. The first kappa shape index (κ1) is 14.8. The SMILES string of the molecule is CCN(CC)S(=O)(=O)c1ccc2cc(OC)ccc2c1. The minimum atomic E-state index is -3.41. The van der Waals surface area contributed by atoms with Crippen LogP contribution in [0.25, 0.3) is 10.8 Å². The quantitative estimate of drug-likeness (QED) is 0.851. The standard InChI is InChI=1S/C15H19NO3S/c1-4-16(5-2)20(17,18)15-9-7-12-10-14(19-3)8-6-13(12)11-15/h6-11H,4-5H2,1-3H3. The van der Waals surface area contributed by atoms with Crippen molar-refractivity contribution in [2.75, 3.05) is 20.2 Å². The summed E-state index contributed by atoms with van der Waals surface area (Å²) in [4.78, 5) is 0.332. The fourth-order valence-electron chi connectivity index (χ4n) is 2.20. The van der Waals surface area contributed by atoms with Crippen LogP contribution >= 0.6 is 0 Å². The van der Waals surface area contributed by atoms with Gasteiger partial charge in [0, 0.05) is 13.1 Å². The van der Waals surface area contributed by atoms with Gasteiger partial charge in [0.05, 0.1) is 12.0 Å². The second kappa shape index (κ2) is 5.81. The summed E-state index contributed by atoms with van der Waals surface area (Å²) in [5, 5.41) is 1.85. The van der Waals surface area contributed by atoms with Crippen LogP contribution in [0.1, 0.15) is 13.8 Å². The van der Waals surface area contributed by atoms with Crippen molar-refractivity contribution in [3.05, 3.63) is 36.4 Å². The first-order chi connectivity index (χ1) is 9.52. The van der Waals surface area contributed by atoms with Crippen LogP contribution in [-0.4, -0.2) is 32.9 Å². The Hall–Kier alpha value is -1.59. The molecule has 4 nitrogen and oxygen atoms in total. The fourth-order valence-corrected chi connectivity index (χ4v) is 3.70. The van der Waals surface area contributed by atoms with Crippen molar-refractivity contribution in [3.63, 3.8) is 0 Å². The highest BCUT2D eigenvalue weighted by Crippen LogP contribution is 2.25. The van der Waals surface area contributed by atoms with Crippen molar-refractivity contribution in [2.24, 2.45) is 0 Å². The zero-order valence-corrected chi connectivity index (χ0v) is 12.8. The molecule has 0 fully saturated rings. The number of benzene rings is 2. The van der Waals surface area contributed by atoms with Crippen molar-refractivity contribution in [1.82, 2.24) is 4.31 Å². The maximum absolute atomic E-state index is 12.5. The van der Waals surface area contributed by atoms with Crippen molar-refractivity contribution >= 4 is 20.8 Å². The van der Waals surface area contributed by atoms with Crippen molar-refractivity contribution in [1.29, 1.82) is 0 Å². The summed E-state index contributed by atoms with van der Waals surface area (Å²) < 4.78 is 31.5. The maximum Gasteiger partial charge on any atom is 0.243 e. The molecule has 0 aliphatic rings. The zero-order valence-electron chi connectivity index (χ0n) is 12.0. The van der Waals surface area contributed by atoms with E-state index in [0.29, 0.717) is 18.0 Å². The van der Waals surface area contributed by atoms with Gasteiger partial charge in [0.15, 0.2) is 0 Å². The second-order valence-electron chi connectivity index (χ2n) is 4.46. The number of methoxy groups -OCH3 is 1. The number of hydrogen-bond donors (Lipinski definition) is 0. The molecule has 0 radical (unpaired) electrons. The van der Waals surface area contributed by atoms with Crippen LogP contribution in [0.15, 0.2) is 41.3 Å². The third-order valence-corrected chi connectivity index (χ3v) is 5.41. The Morgan fingerprint density at radius 3 is 2.20 bits per heavy atom. The predicted octanol–water partition coefficient (Wildman–Crippen LogP) is 2.88. The zero-order chi connectivity index (χ0) is 14.8. The Kier molecular flexibility index (Phi) is 4.30. The van der Waals surface area contributed by atoms with Gasteiger partial charge in [0.25, 0.3) is 0 Å². The molecular weight excluding hydrogens is 274 g/mol. The monoisotopic (exact) mass is 293 g/mol. The summed E-state index contributed by atoms with van der Waals surface area (Å²) >= 11 is 0. The summed E-state index contributed by atoms with van der Waals surface area (Å²) in [5.74, 6) is 0.761. The van der Waals surface area contributed by atoms with Crippen LogP contribution < -0.4 is 4.74 Å². The summed E-state index contributed by atoms with van der Waals surface area (Å²) in [6.45, 7) is 4.62. The average molecular weight is 293 g/mol. The van der Waals surface area contributed by atoms with E-state index in [1.54, 1.807) is 19.2 Å². The van der Waals surface area contributed by atoms with E-state index in [2.05, 4.69) is 0 Å². The Bertz CT molecular complexity index is 706. The summed E-state index contributed by atoms with van der Waals surface area (Å²) in [6, 6.07) is 10.8. The molecule has 0 aliphatic heterocycles. The van der Waals surface area contributed by atoms with Gasteiger partial charge in [-0.05, 0) is 35.0 Å². The molecule has 0 bridgehead atoms. The molecular formula is C15H19NO3S. The molecule has 0 unspecified atom stereocenters. The van der Waals surface area contributed by atoms with Crippen LogP contribution in [0.3, 0.4) is 0 Å². The van der Waals surface area contributed by atoms with Gasteiger partial charge in [-0.2, -0.15) is 4.31 Å². The Labute approximate surface area is 120 Å². The van der Waals surface area contributed by atoms with Crippen LogP contribution in [0.5, 0.6) is 5.75 Å². The third-order valence-electron chi connectivity index (χ3n) is 3.36. The lowest BCUT2D eigenvalue weighted by Gasteiger charge is -2.18. The molecule has 0 heterocycles. The molecule has 20 heavy (non-hydrogen) atoms. The van der Waals surface area contributed by atoms with E-state index in [1.807, 2.05) is 38.1 Å². The Morgan fingerprint density at radius 1 is 1.00 bits per heavy atom. The number of ether oxygens (including phenoxy) is 1. The van der Waals surface area contributed by atoms with Gasteiger partial charge in [-0.15, -0.1) is 0 Å². The molecule has 0 amide bonds. The molecule has 0 atom stereocenters. The lowest BCUT2D eigenvalue weighted by Crippen LogP contribution is -2.30. The molecule has 0 saturated heterocycles. The third kappa shape index (κ3) is 2.64. The molecule has 0 spiro atoms. The van der Waals surface area contributed by atoms with Crippen molar-refractivity contribution < 1.29 is 13.2 Å². The fraction of sp³-hybridized carbons (Fsp3) is 0.333. The molecule has 0 N–H and O–H groups in total. The van der Waals surface area contributed by atoms with Crippen LogP contribution in [0, 0.1) is 0 Å². The summed E-state index contributed by atoms with van der Waals surface area (Å²) in [5.41, 5.74) is 0. The van der Waals surface area contributed by atoms with Gasteiger partial charge in [0.1, 0.15) is 5.75 Å². The predicted molar refractivity (Wildman–Crippen MR) is 80.6 cm³/mol. The van der Waals surface area contributed by atoms with E-state index in [4.69, 9.17) is 4.74 Å². The van der Waals surface area contributed by atoms with E-state index in [0.717, 1.165) is 16.5 Å². The number of fused-ring (bicyclic) bond motifs is 1. The first-order valence-electron chi connectivity index (χ1n) is 6.61. The van der Waals surface area contributed by atoms with Crippen molar-refractivity contribution in [2.45, 2.75) is 18.7 Å². The minimum Gasteiger partial charge on any atom is -0.497 e. The molecule has 0 aliphatic carbocycles. The van der Waals surface area contributed by atoms with Gasteiger partial charge in [-0.1, -0.05) is 26.0 Å². The topological polar surface area (TPSA) is 46.6 Å². The molecule has 108 valence electrons. The highest BCUT2D eigenvalue weighted by atomic mass is 32.2. The molecule has 2 aromatic rings. The van der Waals surface area contributed by atoms with Gasteiger partial charge >= 0.3 is 0 Å². The van der Waals surface area contributed by atoms with Crippen molar-refractivity contribution in [3.8, 4) is 5.75 Å². The molecule has 2 aromatic carbocycles. The van der Waals surface area contributed by atoms with E-state index < -0.39 is 10.0 Å². The van der Waals surface area contributed by atoms with Crippen LogP contribution in [0.4, 0.5) is 0 Å². The van der Waals surface area contributed by atoms with E-state index >= 15 is 0 Å². The highest BCUT2D eigenvalue weighted by Gasteiger charge is 2.21. The molecule has 0 saturated carbocycles. The van der Waals surface area contributed by atoms with Gasteiger partial charge < -0.3 is 4.74 Å². The summed E-state index contributed by atoms with van der Waals surface area (Å²) in [6.07, 6.45) is 0. The number of hydrogen-bond acceptors (Lipinski definition) is 3. The van der Waals surface area contributed by atoms with E-state index in [-0.39, 0.29) is 0 Å². The highest BCUT2D eigenvalue weighted by molar-refractivity contribution is 7.89. The van der Waals surface area contributed by atoms with Crippen LogP contribution in [0.2, 0.25) is 0 Å². The number of nitrogens with zero attached hydrogens (tertiary/aromatic N) is 1.